The van der Waals surface area contributed by atoms with Crippen LogP contribution in [0.25, 0.3) is 17.3 Å². The molecule has 5 rings (SSSR count). The summed E-state index contributed by atoms with van der Waals surface area (Å²) in [5, 5.41) is 6.85. The molecule has 2 aliphatic rings. The summed E-state index contributed by atoms with van der Waals surface area (Å²) in [5.41, 5.74) is 5.13. The van der Waals surface area contributed by atoms with Crippen LogP contribution in [0.15, 0.2) is 54.4 Å². The fraction of sp³-hybridized carbons (Fsp3) is 0.304. The molecule has 7 nitrogen and oxygen atoms in total. The zero-order chi connectivity index (χ0) is 20.3. The van der Waals surface area contributed by atoms with E-state index in [1.54, 1.807) is 13.3 Å². The van der Waals surface area contributed by atoms with Gasteiger partial charge in [-0.3, -0.25) is 10.00 Å². The third-order valence-corrected chi connectivity index (χ3v) is 5.46. The van der Waals surface area contributed by atoms with E-state index in [1.165, 1.54) is 5.57 Å². The highest BCUT2D eigenvalue weighted by atomic mass is 16.5. The lowest BCUT2D eigenvalue weighted by Crippen LogP contribution is -2.40. The van der Waals surface area contributed by atoms with Gasteiger partial charge in [0.15, 0.2) is 0 Å². The van der Waals surface area contributed by atoms with Crippen LogP contribution in [0.4, 0.5) is 0 Å². The lowest BCUT2D eigenvalue weighted by atomic mass is 10.1. The molecular weight excluding hydrogens is 380 g/mol. The van der Waals surface area contributed by atoms with Gasteiger partial charge in [-0.15, -0.1) is 0 Å². The molecule has 1 saturated heterocycles. The number of methoxy groups -OCH3 is 1. The van der Waals surface area contributed by atoms with Gasteiger partial charge in [0, 0.05) is 37.0 Å². The molecule has 7 heteroatoms. The Hall–Kier alpha value is -3.16. The summed E-state index contributed by atoms with van der Waals surface area (Å²) < 4.78 is 17.3. The molecule has 154 valence electrons. The van der Waals surface area contributed by atoms with Gasteiger partial charge in [0.05, 0.1) is 31.3 Å². The van der Waals surface area contributed by atoms with Crippen LogP contribution in [0.5, 0.6) is 11.5 Å². The number of pyridine rings is 1. The molecule has 0 saturated carbocycles. The number of H-pyrrole nitrogens is 1. The molecular formula is C23H24N4O3. The van der Waals surface area contributed by atoms with Gasteiger partial charge >= 0.3 is 0 Å². The van der Waals surface area contributed by atoms with Crippen LogP contribution < -0.4 is 9.47 Å². The summed E-state index contributed by atoms with van der Waals surface area (Å²) in [4.78, 5) is 7.21. The van der Waals surface area contributed by atoms with Gasteiger partial charge in [-0.25, -0.2) is 4.98 Å². The first kappa shape index (κ1) is 18.8. The number of nitrogens with zero attached hydrogens (tertiary/aromatic N) is 3. The van der Waals surface area contributed by atoms with E-state index >= 15 is 0 Å². The third kappa shape index (κ3) is 3.94. The lowest BCUT2D eigenvalue weighted by Gasteiger charge is -2.34. The largest absolute Gasteiger partial charge is 0.497 e. The van der Waals surface area contributed by atoms with Gasteiger partial charge in [0.2, 0.25) is 0 Å². The second-order valence-electron chi connectivity index (χ2n) is 7.52. The number of rotatable bonds is 5. The molecule has 3 aromatic rings. The van der Waals surface area contributed by atoms with E-state index in [0.717, 1.165) is 53.6 Å². The van der Waals surface area contributed by atoms with E-state index < -0.39 is 0 Å². The Bertz CT molecular complexity index is 1050. The first-order valence-corrected chi connectivity index (χ1v) is 10.1. The van der Waals surface area contributed by atoms with Crippen molar-refractivity contribution in [2.75, 3.05) is 40.0 Å². The number of benzene rings is 1. The van der Waals surface area contributed by atoms with Crippen LogP contribution in [-0.2, 0) is 4.74 Å². The van der Waals surface area contributed by atoms with E-state index in [-0.39, 0.29) is 6.10 Å². The predicted octanol–water partition coefficient (Wildman–Crippen LogP) is 3.33. The van der Waals surface area contributed by atoms with E-state index in [2.05, 4.69) is 21.2 Å². The summed E-state index contributed by atoms with van der Waals surface area (Å²) in [7, 11) is 1.68. The smallest absolute Gasteiger partial charge is 0.127 e. The Morgan fingerprint density at radius 3 is 3.10 bits per heavy atom. The molecule has 4 heterocycles. The van der Waals surface area contributed by atoms with E-state index in [0.29, 0.717) is 13.2 Å². The number of aromatic amines is 1. The SMILES string of the molecule is COc1ccc2c(c1)C=C(CN1CCOC(c3cccc(-c4cn[nH]c4)n3)C1)CO2. The molecule has 1 fully saturated rings. The van der Waals surface area contributed by atoms with Crippen molar-refractivity contribution in [3.63, 3.8) is 0 Å². The fourth-order valence-electron chi connectivity index (χ4n) is 3.92. The normalized spacial score (nSPS) is 19.0. The molecule has 0 bridgehead atoms. The van der Waals surface area contributed by atoms with Crippen LogP contribution in [0.1, 0.15) is 17.4 Å². The topological polar surface area (TPSA) is 72.5 Å². The summed E-state index contributed by atoms with van der Waals surface area (Å²) in [5.74, 6) is 1.74. The van der Waals surface area contributed by atoms with Crippen molar-refractivity contribution in [2.24, 2.45) is 0 Å². The van der Waals surface area contributed by atoms with E-state index in [9.17, 15) is 0 Å². The molecule has 30 heavy (non-hydrogen) atoms. The highest BCUT2D eigenvalue weighted by Crippen LogP contribution is 2.31. The van der Waals surface area contributed by atoms with Gasteiger partial charge in [-0.05, 0) is 42.0 Å². The van der Waals surface area contributed by atoms with Crippen molar-refractivity contribution in [1.82, 2.24) is 20.1 Å². The minimum atomic E-state index is -0.0527. The van der Waals surface area contributed by atoms with Gasteiger partial charge in [0.1, 0.15) is 24.2 Å². The van der Waals surface area contributed by atoms with Crippen molar-refractivity contribution in [3.8, 4) is 22.8 Å². The number of nitrogens with one attached hydrogen (secondary N) is 1. The maximum atomic E-state index is 6.05. The summed E-state index contributed by atoms with van der Waals surface area (Å²) in [6.45, 7) is 3.82. The summed E-state index contributed by atoms with van der Waals surface area (Å²) in [6.07, 6.45) is 5.79. The maximum Gasteiger partial charge on any atom is 0.127 e. The van der Waals surface area contributed by atoms with Gasteiger partial charge in [-0.1, -0.05) is 6.07 Å². The Labute approximate surface area is 175 Å². The zero-order valence-corrected chi connectivity index (χ0v) is 16.9. The van der Waals surface area contributed by atoms with Crippen LogP contribution in [0, 0.1) is 0 Å². The number of hydrogen-bond acceptors (Lipinski definition) is 6. The Balaban J connectivity index is 1.29. The molecule has 0 aliphatic carbocycles. The maximum absolute atomic E-state index is 6.05. The number of fused-ring (bicyclic) bond motifs is 1. The van der Waals surface area contributed by atoms with Crippen LogP contribution in [0.2, 0.25) is 0 Å². The number of aromatic nitrogens is 3. The molecule has 1 unspecified atom stereocenters. The average Bonchev–Trinajstić information content (AvgIpc) is 3.34. The molecule has 2 aromatic heterocycles. The quantitative estimate of drug-likeness (QED) is 0.703. The molecule has 1 aromatic carbocycles. The van der Waals surface area contributed by atoms with Crippen molar-refractivity contribution < 1.29 is 14.2 Å². The van der Waals surface area contributed by atoms with Crippen molar-refractivity contribution >= 4 is 6.08 Å². The number of morpholine rings is 1. The Morgan fingerprint density at radius 2 is 2.23 bits per heavy atom. The highest BCUT2D eigenvalue weighted by molar-refractivity contribution is 5.64. The first-order chi connectivity index (χ1) is 14.8. The minimum absolute atomic E-state index is 0.0527. The average molecular weight is 404 g/mol. The Morgan fingerprint density at radius 1 is 1.27 bits per heavy atom. The molecule has 0 amide bonds. The van der Waals surface area contributed by atoms with Gasteiger partial charge in [-0.2, -0.15) is 5.10 Å². The number of ether oxygens (including phenoxy) is 3. The second kappa shape index (κ2) is 8.30. The van der Waals surface area contributed by atoms with Gasteiger partial charge in [0.25, 0.3) is 0 Å². The lowest BCUT2D eigenvalue weighted by molar-refractivity contribution is -0.0293. The van der Waals surface area contributed by atoms with E-state index in [1.807, 2.05) is 42.6 Å². The van der Waals surface area contributed by atoms with Crippen molar-refractivity contribution in [1.29, 1.82) is 0 Å². The first-order valence-electron chi connectivity index (χ1n) is 10.1. The Kier molecular flexibility index (Phi) is 5.21. The highest BCUT2D eigenvalue weighted by Gasteiger charge is 2.25. The van der Waals surface area contributed by atoms with Crippen molar-refractivity contribution in [2.45, 2.75) is 6.10 Å². The van der Waals surface area contributed by atoms with E-state index in [4.69, 9.17) is 19.2 Å². The second-order valence-corrected chi connectivity index (χ2v) is 7.52. The molecule has 1 N–H and O–H groups in total. The third-order valence-electron chi connectivity index (χ3n) is 5.46. The zero-order valence-electron chi connectivity index (χ0n) is 16.9. The van der Waals surface area contributed by atoms with Crippen molar-refractivity contribution in [3.05, 3.63) is 65.6 Å². The predicted molar refractivity (Wildman–Crippen MR) is 113 cm³/mol. The van der Waals surface area contributed by atoms with Crippen LogP contribution in [0.3, 0.4) is 0 Å². The molecule has 0 radical (unpaired) electrons. The summed E-state index contributed by atoms with van der Waals surface area (Å²) in [6, 6.07) is 11.9. The van der Waals surface area contributed by atoms with Gasteiger partial charge < -0.3 is 14.2 Å². The molecule has 0 spiro atoms. The minimum Gasteiger partial charge on any atom is -0.497 e. The summed E-state index contributed by atoms with van der Waals surface area (Å²) >= 11 is 0. The van der Waals surface area contributed by atoms with Crippen LogP contribution in [-0.4, -0.2) is 60.0 Å². The fourth-order valence-corrected chi connectivity index (χ4v) is 3.92. The standard InChI is InChI=1S/C23H24N4O3/c1-28-19-5-6-22-17(10-19)9-16(15-30-22)13-27-7-8-29-23(14-27)21-4-2-3-20(26-21)18-11-24-25-12-18/h2-6,9-12,23H,7-8,13-15H2,1H3,(H,24,25). The van der Waals surface area contributed by atoms with Crippen LogP contribution >= 0.6 is 0 Å². The number of hydrogen-bond donors (Lipinski definition) is 1. The monoisotopic (exact) mass is 404 g/mol. The molecule has 1 atom stereocenters. The molecule has 2 aliphatic heterocycles.